The molecule has 0 unspecified atom stereocenters. The standard InChI is InChI=1S/C13H19NO4/c1-10(7-6-8-14(2)3)9-11(12(15)17-4)13(16)18-5/h6-9H,1-5H3/b8-6+,10-7+. The van der Waals surface area contributed by atoms with Gasteiger partial charge in [0, 0.05) is 14.1 Å². The molecule has 0 saturated carbocycles. The molecule has 0 heterocycles. The Morgan fingerprint density at radius 2 is 1.56 bits per heavy atom. The molecule has 0 atom stereocenters. The fourth-order valence-corrected chi connectivity index (χ4v) is 1.06. The molecule has 0 N–H and O–H groups in total. The molecule has 0 aromatic rings. The predicted octanol–water partition coefficient (Wildman–Crippen LogP) is 1.28. The van der Waals surface area contributed by atoms with E-state index in [4.69, 9.17) is 0 Å². The van der Waals surface area contributed by atoms with Crippen LogP contribution in [0.3, 0.4) is 0 Å². The number of rotatable bonds is 5. The summed E-state index contributed by atoms with van der Waals surface area (Å²) < 4.78 is 9.03. The van der Waals surface area contributed by atoms with Gasteiger partial charge in [0.15, 0.2) is 0 Å². The third-order valence-corrected chi connectivity index (χ3v) is 1.93. The van der Waals surface area contributed by atoms with Gasteiger partial charge < -0.3 is 14.4 Å². The van der Waals surface area contributed by atoms with E-state index in [1.165, 1.54) is 20.3 Å². The Morgan fingerprint density at radius 3 is 1.94 bits per heavy atom. The number of carbonyl (C=O) groups excluding carboxylic acids is 2. The minimum atomic E-state index is -0.716. The van der Waals surface area contributed by atoms with Gasteiger partial charge in [-0.15, -0.1) is 0 Å². The Morgan fingerprint density at radius 1 is 1.06 bits per heavy atom. The quantitative estimate of drug-likeness (QED) is 0.243. The molecule has 0 aliphatic carbocycles. The van der Waals surface area contributed by atoms with Gasteiger partial charge in [-0.2, -0.15) is 0 Å². The molecule has 0 amide bonds. The summed E-state index contributed by atoms with van der Waals surface area (Å²) in [6.45, 7) is 1.77. The molecule has 0 aliphatic heterocycles. The van der Waals surface area contributed by atoms with Crippen LogP contribution in [0.5, 0.6) is 0 Å². The number of hydrogen-bond donors (Lipinski definition) is 0. The van der Waals surface area contributed by atoms with Crippen LogP contribution in [-0.4, -0.2) is 45.2 Å². The van der Waals surface area contributed by atoms with Crippen molar-refractivity contribution < 1.29 is 19.1 Å². The van der Waals surface area contributed by atoms with E-state index in [0.717, 1.165) is 5.57 Å². The molecule has 0 aromatic heterocycles. The van der Waals surface area contributed by atoms with Gasteiger partial charge in [-0.3, -0.25) is 0 Å². The zero-order valence-corrected chi connectivity index (χ0v) is 11.4. The number of carbonyl (C=O) groups is 2. The number of hydrogen-bond acceptors (Lipinski definition) is 5. The first-order valence-corrected chi connectivity index (χ1v) is 5.32. The highest BCUT2D eigenvalue weighted by atomic mass is 16.5. The highest BCUT2D eigenvalue weighted by Gasteiger charge is 2.19. The summed E-state index contributed by atoms with van der Waals surface area (Å²) in [6.07, 6.45) is 6.84. The monoisotopic (exact) mass is 253 g/mol. The second kappa shape index (κ2) is 8.11. The van der Waals surface area contributed by atoms with Crippen LogP contribution in [-0.2, 0) is 19.1 Å². The molecule has 0 aromatic carbocycles. The molecule has 5 nitrogen and oxygen atoms in total. The van der Waals surface area contributed by atoms with Crippen LogP contribution in [0.2, 0.25) is 0 Å². The third kappa shape index (κ3) is 5.89. The van der Waals surface area contributed by atoms with E-state index < -0.39 is 11.9 Å². The van der Waals surface area contributed by atoms with E-state index in [0.29, 0.717) is 0 Å². The number of nitrogens with zero attached hydrogens (tertiary/aromatic N) is 1. The summed E-state index contributed by atoms with van der Waals surface area (Å²) in [4.78, 5) is 24.6. The molecular formula is C13H19NO4. The summed E-state index contributed by atoms with van der Waals surface area (Å²) in [7, 11) is 6.21. The van der Waals surface area contributed by atoms with Crippen LogP contribution in [0.1, 0.15) is 6.92 Å². The summed E-state index contributed by atoms with van der Waals surface area (Å²) in [5.74, 6) is -1.43. The van der Waals surface area contributed by atoms with Crippen LogP contribution in [0.4, 0.5) is 0 Å². The van der Waals surface area contributed by atoms with E-state index in [1.807, 2.05) is 25.2 Å². The van der Waals surface area contributed by atoms with Crippen molar-refractivity contribution >= 4 is 11.9 Å². The van der Waals surface area contributed by atoms with E-state index in [-0.39, 0.29) is 5.57 Å². The molecule has 100 valence electrons. The molecule has 5 heteroatoms. The zero-order chi connectivity index (χ0) is 14.1. The van der Waals surface area contributed by atoms with E-state index in [2.05, 4.69) is 9.47 Å². The summed E-state index contributed by atoms with van der Waals surface area (Å²) in [5, 5.41) is 0. The van der Waals surface area contributed by atoms with Crippen molar-refractivity contribution in [2.75, 3.05) is 28.3 Å². The van der Waals surface area contributed by atoms with Gasteiger partial charge in [-0.1, -0.05) is 6.08 Å². The first-order chi connectivity index (χ1) is 8.42. The number of ether oxygens (including phenoxy) is 2. The van der Waals surface area contributed by atoms with Crippen molar-refractivity contribution in [1.29, 1.82) is 0 Å². The second-order valence-corrected chi connectivity index (χ2v) is 3.76. The summed E-state index contributed by atoms with van der Waals surface area (Å²) >= 11 is 0. The summed E-state index contributed by atoms with van der Waals surface area (Å²) in [5.41, 5.74) is 0.603. The maximum atomic E-state index is 11.4. The first kappa shape index (κ1) is 16.0. The lowest BCUT2D eigenvalue weighted by atomic mass is 10.1. The molecule has 0 radical (unpaired) electrons. The minimum absolute atomic E-state index is 0.132. The third-order valence-electron chi connectivity index (χ3n) is 1.93. The zero-order valence-electron chi connectivity index (χ0n) is 11.4. The highest BCUT2D eigenvalue weighted by molar-refractivity contribution is 6.14. The predicted molar refractivity (Wildman–Crippen MR) is 68.7 cm³/mol. The average Bonchev–Trinajstić information content (AvgIpc) is 2.33. The fraction of sp³-hybridized carbons (Fsp3) is 0.385. The van der Waals surface area contributed by atoms with Crippen molar-refractivity contribution in [2.24, 2.45) is 0 Å². The van der Waals surface area contributed by atoms with Crippen LogP contribution in [0.15, 0.2) is 35.6 Å². The van der Waals surface area contributed by atoms with Crippen LogP contribution >= 0.6 is 0 Å². The van der Waals surface area contributed by atoms with Crippen molar-refractivity contribution in [3.8, 4) is 0 Å². The van der Waals surface area contributed by atoms with Gasteiger partial charge in [0.2, 0.25) is 0 Å². The molecule has 0 aliphatic rings. The lowest BCUT2D eigenvalue weighted by Crippen LogP contribution is -2.15. The Hall–Kier alpha value is -2.04. The highest BCUT2D eigenvalue weighted by Crippen LogP contribution is 2.06. The molecule has 0 fully saturated rings. The molecular weight excluding hydrogens is 234 g/mol. The Balaban J connectivity index is 5.06. The number of allylic oxidation sites excluding steroid dienone is 4. The van der Waals surface area contributed by atoms with Crippen LogP contribution in [0.25, 0.3) is 0 Å². The van der Waals surface area contributed by atoms with Gasteiger partial charge in [-0.25, -0.2) is 9.59 Å². The van der Waals surface area contributed by atoms with Gasteiger partial charge in [0.25, 0.3) is 0 Å². The average molecular weight is 253 g/mol. The molecule has 0 rings (SSSR count). The van der Waals surface area contributed by atoms with Crippen molar-refractivity contribution in [3.05, 3.63) is 35.6 Å². The first-order valence-electron chi connectivity index (χ1n) is 5.32. The van der Waals surface area contributed by atoms with Gasteiger partial charge >= 0.3 is 11.9 Å². The lowest BCUT2D eigenvalue weighted by Gasteiger charge is -2.03. The number of methoxy groups -OCH3 is 2. The summed E-state index contributed by atoms with van der Waals surface area (Å²) in [6, 6.07) is 0. The smallest absolute Gasteiger partial charge is 0.345 e. The normalized spacial score (nSPS) is 11.1. The van der Waals surface area contributed by atoms with E-state index in [9.17, 15) is 9.59 Å². The van der Waals surface area contributed by atoms with Crippen molar-refractivity contribution in [2.45, 2.75) is 6.92 Å². The SMILES string of the molecule is COC(=O)C(=C/C(C)=C/C=C/N(C)C)C(=O)OC. The largest absolute Gasteiger partial charge is 0.465 e. The van der Waals surface area contributed by atoms with E-state index >= 15 is 0 Å². The fourth-order valence-electron chi connectivity index (χ4n) is 1.06. The molecule has 18 heavy (non-hydrogen) atoms. The maximum Gasteiger partial charge on any atom is 0.345 e. The Bertz CT molecular complexity index is 374. The second-order valence-electron chi connectivity index (χ2n) is 3.76. The topological polar surface area (TPSA) is 55.8 Å². The van der Waals surface area contributed by atoms with Crippen molar-refractivity contribution in [1.82, 2.24) is 4.90 Å². The Kier molecular flexibility index (Phi) is 7.19. The van der Waals surface area contributed by atoms with Gasteiger partial charge in [0.05, 0.1) is 14.2 Å². The molecule has 0 saturated heterocycles. The molecule has 0 bridgehead atoms. The minimum Gasteiger partial charge on any atom is -0.465 e. The van der Waals surface area contributed by atoms with Crippen molar-refractivity contribution in [3.63, 3.8) is 0 Å². The van der Waals surface area contributed by atoms with Gasteiger partial charge in [-0.05, 0) is 30.8 Å². The van der Waals surface area contributed by atoms with Crippen LogP contribution in [0, 0.1) is 0 Å². The van der Waals surface area contributed by atoms with Crippen LogP contribution < -0.4 is 0 Å². The lowest BCUT2D eigenvalue weighted by molar-refractivity contribution is -0.144. The Labute approximate surface area is 107 Å². The maximum absolute atomic E-state index is 11.4. The molecule has 0 spiro atoms. The van der Waals surface area contributed by atoms with Gasteiger partial charge in [0.1, 0.15) is 5.57 Å². The number of esters is 2. The van der Waals surface area contributed by atoms with E-state index in [1.54, 1.807) is 19.1 Å².